The molecule has 0 radical (unpaired) electrons. The van der Waals surface area contributed by atoms with Gasteiger partial charge in [0.25, 0.3) is 0 Å². The van der Waals surface area contributed by atoms with Crippen LogP contribution in [-0.4, -0.2) is 31.5 Å². The minimum absolute atomic E-state index is 0.0224. The number of amides is 2. The minimum Gasteiger partial charge on any atom is -0.493 e. The lowest BCUT2D eigenvalue weighted by Gasteiger charge is -2.08. The van der Waals surface area contributed by atoms with Crippen molar-refractivity contribution in [3.05, 3.63) is 30.3 Å². The standard InChI is InChI=1S/C15H22N2O3/c1-2-6-14(18)16-10-11-17-15(19)9-12-20-13-7-4-3-5-8-13/h3-5,7-8H,2,6,9-12H2,1H3,(H,16,18)(H,17,19). The van der Waals surface area contributed by atoms with E-state index in [-0.39, 0.29) is 11.8 Å². The number of benzene rings is 1. The molecule has 0 spiro atoms. The molecule has 1 rings (SSSR count). The van der Waals surface area contributed by atoms with Crippen LogP contribution in [0.3, 0.4) is 0 Å². The quantitative estimate of drug-likeness (QED) is 0.672. The van der Waals surface area contributed by atoms with Crippen LogP contribution in [0.1, 0.15) is 26.2 Å². The van der Waals surface area contributed by atoms with Crippen LogP contribution in [0.5, 0.6) is 5.75 Å². The molecule has 2 amide bonds. The Labute approximate surface area is 119 Å². The van der Waals surface area contributed by atoms with E-state index < -0.39 is 0 Å². The first-order valence-electron chi connectivity index (χ1n) is 6.93. The molecule has 1 aromatic carbocycles. The minimum atomic E-state index is -0.0781. The molecule has 0 aliphatic heterocycles. The van der Waals surface area contributed by atoms with Crippen molar-refractivity contribution in [1.82, 2.24) is 10.6 Å². The number of ether oxygens (including phenoxy) is 1. The smallest absolute Gasteiger partial charge is 0.223 e. The highest BCUT2D eigenvalue weighted by Crippen LogP contribution is 2.08. The van der Waals surface area contributed by atoms with Gasteiger partial charge in [0, 0.05) is 19.5 Å². The van der Waals surface area contributed by atoms with Crippen LogP contribution in [0, 0.1) is 0 Å². The van der Waals surface area contributed by atoms with Crippen LogP contribution in [0.4, 0.5) is 0 Å². The largest absolute Gasteiger partial charge is 0.493 e. The molecule has 0 saturated heterocycles. The number of hydrogen-bond donors (Lipinski definition) is 2. The third kappa shape index (κ3) is 7.41. The summed E-state index contributed by atoms with van der Waals surface area (Å²) in [4.78, 5) is 22.7. The zero-order valence-electron chi connectivity index (χ0n) is 11.9. The summed E-state index contributed by atoms with van der Waals surface area (Å²) in [6.45, 7) is 3.20. The van der Waals surface area contributed by atoms with Crippen molar-refractivity contribution in [2.24, 2.45) is 0 Å². The monoisotopic (exact) mass is 278 g/mol. The summed E-state index contributed by atoms with van der Waals surface area (Å²) < 4.78 is 5.42. The van der Waals surface area contributed by atoms with Crippen LogP contribution in [0.25, 0.3) is 0 Å². The number of carbonyl (C=O) groups excluding carboxylic acids is 2. The molecule has 0 unspecified atom stereocenters. The zero-order valence-corrected chi connectivity index (χ0v) is 11.9. The fraction of sp³-hybridized carbons (Fsp3) is 0.467. The molecule has 0 saturated carbocycles. The molecule has 110 valence electrons. The number of rotatable bonds is 9. The van der Waals surface area contributed by atoms with Gasteiger partial charge in [-0.05, 0) is 18.6 Å². The second-order valence-electron chi connectivity index (χ2n) is 4.36. The first kappa shape index (κ1) is 16.0. The van der Waals surface area contributed by atoms with Crippen molar-refractivity contribution < 1.29 is 14.3 Å². The molecule has 0 bridgehead atoms. The second kappa shape index (κ2) is 9.83. The van der Waals surface area contributed by atoms with Crippen LogP contribution in [-0.2, 0) is 9.59 Å². The molecular weight excluding hydrogens is 256 g/mol. The summed E-state index contributed by atoms with van der Waals surface area (Å²) in [5.74, 6) is 0.701. The van der Waals surface area contributed by atoms with Crippen molar-refractivity contribution in [2.75, 3.05) is 19.7 Å². The fourth-order valence-corrected chi connectivity index (χ4v) is 1.59. The van der Waals surface area contributed by atoms with Gasteiger partial charge < -0.3 is 15.4 Å². The summed E-state index contributed by atoms with van der Waals surface area (Å²) in [6, 6.07) is 9.37. The molecule has 5 nitrogen and oxygen atoms in total. The van der Waals surface area contributed by atoms with Crippen molar-refractivity contribution in [3.8, 4) is 5.75 Å². The summed E-state index contributed by atoms with van der Waals surface area (Å²) >= 11 is 0. The van der Waals surface area contributed by atoms with Gasteiger partial charge in [0.05, 0.1) is 13.0 Å². The van der Waals surface area contributed by atoms with Gasteiger partial charge in [-0.1, -0.05) is 25.1 Å². The molecule has 0 aliphatic carbocycles. The molecule has 0 fully saturated rings. The maximum atomic E-state index is 11.5. The van der Waals surface area contributed by atoms with Gasteiger partial charge in [-0.2, -0.15) is 0 Å². The van der Waals surface area contributed by atoms with E-state index in [1.54, 1.807) is 0 Å². The van der Waals surface area contributed by atoms with E-state index in [0.29, 0.717) is 32.5 Å². The Hall–Kier alpha value is -2.04. The lowest BCUT2D eigenvalue weighted by Crippen LogP contribution is -2.35. The molecule has 1 aromatic rings. The van der Waals surface area contributed by atoms with Gasteiger partial charge in [0.1, 0.15) is 5.75 Å². The summed E-state index contributed by atoms with van der Waals surface area (Å²) in [5.41, 5.74) is 0. The van der Waals surface area contributed by atoms with Crippen LogP contribution in [0.15, 0.2) is 30.3 Å². The van der Waals surface area contributed by atoms with Gasteiger partial charge in [-0.3, -0.25) is 9.59 Å². The van der Waals surface area contributed by atoms with E-state index in [1.807, 2.05) is 37.3 Å². The Kier molecular flexibility index (Phi) is 7.87. The predicted octanol–water partition coefficient (Wildman–Crippen LogP) is 1.49. The van der Waals surface area contributed by atoms with E-state index in [4.69, 9.17) is 4.74 Å². The average molecular weight is 278 g/mol. The Morgan fingerprint density at radius 2 is 1.60 bits per heavy atom. The first-order chi connectivity index (χ1) is 9.72. The van der Waals surface area contributed by atoms with E-state index in [0.717, 1.165) is 12.2 Å². The topological polar surface area (TPSA) is 67.4 Å². The van der Waals surface area contributed by atoms with Gasteiger partial charge in [0.15, 0.2) is 0 Å². The summed E-state index contributed by atoms with van der Waals surface area (Å²) in [6.07, 6.45) is 1.66. The number of hydrogen-bond acceptors (Lipinski definition) is 3. The Bertz CT molecular complexity index is 407. The second-order valence-corrected chi connectivity index (χ2v) is 4.36. The van der Waals surface area contributed by atoms with Crippen molar-refractivity contribution >= 4 is 11.8 Å². The van der Waals surface area contributed by atoms with E-state index in [1.165, 1.54) is 0 Å². The lowest BCUT2D eigenvalue weighted by molar-refractivity contribution is -0.123. The Morgan fingerprint density at radius 3 is 2.20 bits per heavy atom. The zero-order chi connectivity index (χ0) is 14.6. The van der Waals surface area contributed by atoms with E-state index in [9.17, 15) is 9.59 Å². The van der Waals surface area contributed by atoms with E-state index in [2.05, 4.69) is 10.6 Å². The summed E-state index contributed by atoms with van der Waals surface area (Å²) in [5, 5.41) is 5.47. The van der Waals surface area contributed by atoms with Crippen molar-refractivity contribution in [3.63, 3.8) is 0 Å². The Balaban J connectivity index is 2.02. The van der Waals surface area contributed by atoms with Gasteiger partial charge in [-0.15, -0.1) is 0 Å². The molecule has 0 aliphatic rings. The van der Waals surface area contributed by atoms with E-state index >= 15 is 0 Å². The van der Waals surface area contributed by atoms with Gasteiger partial charge >= 0.3 is 0 Å². The highest BCUT2D eigenvalue weighted by atomic mass is 16.5. The van der Waals surface area contributed by atoms with Gasteiger partial charge in [0.2, 0.25) is 11.8 Å². The number of carbonyl (C=O) groups is 2. The molecule has 0 atom stereocenters. The van der Waals surface area contributed by atoms with Crippen LogP contribution >= 0.6 is 0 Å². The SMILES string of the molecule is CCCC(=O)NCCNC(=O)CCOc1ccccc1. The molecule has 0 heterocycles. The molecule has 20 heavy (non-hydrogen) atoms. The van der Waals surface area contributed by atoms with Gasteiger partial charge in [-0.25, -0.2) is 0 Å². The van der Waals surface area contributed by atoms with Crippen LogP contribution in [0.2, 0.25) is 0 Å². The molecular formula is C15H22N2O3. The third-order valence-electron chi connectivity index (χ3n) is 2.59. The first-order valence-corrected chi connectivity index (χ1v) is 6.93. The number of para-hydroxylation sites is 1. The van der Waals surface area contributed by atoms with Crippen LogP contribution < -0.4 is 15.4 Å². The lowest BCUT2D eigenvalue weighted by atomic mass is 10.3. The highest BCUT2D eigenvalue weighted by molar-refractivity contribution is 5.77. The highest BCUT2D eigenvalue weighted by Gasteiger charge is 2.02. The fourth-order valence-electron chi connectivity index (χ4n) is 1.59. The van der Waals surface area contributed by atoms with Crippen molar-refractivity contribution in [2.45, 2.75) is 26.2 Å². The molecule has 2 N–H and O–H groups in total. The predicted molar refractivity (Wildman–Crippen MR) is 77.5 cm³/mol. The Morgan fingerprint density at radius 1 is 1.00 bits per heavy atom. The average Bonchev–Trinajstić information content (AvgIpc) is 2.45. The summed E-state index contributed by atoms with van der Waals surface area (Å²) in [7, 11) is 0. The molecule has 0 aromatic heterocycles. The maximum absolute atomic E-state index is 11.5. The maximum Gasteiger partial charge on any atom is 0.223 e. The molecule has 5 heteroatoms. The number of nitrogens with one attached hydrogen (secondary N) is 2. The van der Waals surface area contributed by atoms with Crippen molar-refractivity contribution in [1.29, 1.82) is 0 Å². The normalized spacial score (nSPS) is 9.85. The third-order valence-corrected chi connectivity index (χ3v) is 2.59.